The first-order valence-corrected chi connectivity index (χ1v) is 5.49. The summed E-state index contributed by atoms with van der Waals surface area (Å²) in [5.74, 6) is 3.54. The van der Waals surface area contributed by atoms with Crippen molar-refractivity contribution < 1.29 is 4.79 Å². The van der Waals surface area contributed by atoms with Crippen LogP contribution >= 0.6 is 0 Å². The summed E-state index contributed by atoms with van der Waals surface area (Å²) >= 11 is 0. The van der Waals surface area contributed by atoms with Crippen molar-refractivity contribution in [3.8, 4) is 12.3 Å². The monoisotopic (exact) mass is 193 g/mol. The number of carbonyl (C=O) groups is 1. The number of terminal acetylenes is 1. The Kier molecular flexibility index (Phi) is 5.32. The minimum atomic E-state index is 0.327. The van der Waals surface area contributed by atoms with Crippen LogP contribution in [0.3, 0.4) is 0 Å². The molecule has 0 aliphatic carbocycles. The fraction of sp³-hybridized carbons (Fsp3) is 0.750. The zero-order chi connectivity index (χ0) is 10.2. The molecule has 78 valence electrons. The highest BCUT2D eigenvalue weighted by molar-refractivity contribution is 5.78. The van der Waals surface area contributed by atoms with Gasteiger partial charge in [0.2, 0.25) is 0 Å². The zero-order valence-electron chi connectivity index (χ0n) is 8.72. The van der Waals surface area contributed by atoms with Crippen LogP contribution in [0.25, 0.3) is 0 Å². The molecule has 1 N–H and O–H groups in total. The van der Waals surface area contributed by atoms with E-state index in [-0.39, 0.29) is 0 Å². The number of nitrogens with one attached hydrogen (secondary N) is 1. The van der Waals surface area contributed by atoms with Crippen molar-refractivity contribution in [2.45, 2.75) is 38.5 Å². The summed E-state index contributed by atoms with van der Waals surface area (Å²) in [5, 5.41) is 3.36. The van der Waals surface area contributed by atoms with Crippen LogP contribution in [0.2, 0.25) is 0 Å². The van der Waals surface area contributed by atoms with Crippen LogP contribution in [0.4, 0.5) is 0 Å². The molecule has 1 unspecified atom stereocenters. The molecule has 1 aliphatic rings. The summed E-state index contributed by atoms with van der Waals surface area (Å²) in [6.07, 6.45) is 10.5. The Bertz CT molecular complexity index is 211. The standard InChI is InChI=1S/C12H19NO/c1-2-3-6-12(14)8-7-11-5-4-9-13-10-11/h1,11,13H,3-10H2. The molecule has 1 aliphatic heterocycles. The summed E-state index contributed by atoms with van der Waals surface area (Å²) in [5.41, 5.74) is 0. The molecule has 2 heteroatoms. The second-order valence-corrected chi connectivity index (χ2v) is 3.99. The molecule has 1 atom stereocenters. The molecule has 14 heavy (non-hydrogen) atoms. The van der Waals surface area contributed by atoms with Crippen LogP contribution < -0.4 is 5.32 Å². The number of Topliss-reactive ketones (excluding diaryl/α,β-unsaturated/α-hetero) is 1. The van der Waals surface area contributed by atoms with Gasteiger partial charge in [-0.1, -0.05) is 0 Å². The lowest BCUT2D eigenvalue weighted by molar-refractivity contribution is -0.119. The van der Waals surface area contributed by atoms with E-state index in [1.165, 1.54) is 12.8 Å². The fourth-order valence-corrected chi connectivity index (χ4v) is 1.87. The third-order valence-electron chi connectivity index (χ3n) is 2.78. The van der Waals surface area contributed by atoms with Gasteiger partial charge in [-0.15, -0.1) is 12.3 Å². The first kappa shape index (κ1) is 11.3. The Balaban J connectivity index is 2.07. The van der Waals surface area contributed by atoms with E-state index in [1.54, 1.807) is 0 Å². The molecule has 0 saturated carbocycles. The molecule has 1 fully saturated rings. The van der Waals surface area contributed by atoms with Gasteiger partial charge in [0.15, 0.2) is 0 Å². The van der Waals surface area contributed by atoms with Crippen LogP contribution in [-0.4, -0.2) is 18.9 Å². The minimum Gasteiger partial charge on any atom is -0.316 e. The zero-order valence-corrected chi connectivity index (χ0v) is 8.72. The normalized spacial score (nSPS) is 21.5. The van der Waals surface area contributed by atoms with E-state index in [0.29, 0.717) is 31.0 Å². The Morgan fingerprint density at radius 3 is 3.00 bits per heavy atom. The second-order valence-electron chi connectivity index (χ2n) is 3.99. The number of piperidine rings is 1. The van der Waals surface area contributed by atoms with Gasteiger partial charge in [-0.25, -0.2) is 0 Å². The quantitative estimate of drug-likeness (QED) is 0.674. The molecular weight excluding hydrogens is 174 g/mol. The van der Waals surface area contributed by atoms with Gasteiger partial charge in [-0.3, -0.25) is 4.79 Å². The highest BCUT2D eigenvalue weighted by Crippen LogP contribution is 2.16. The van der Waals surface area contributed by atoms with Gasteiger partial charge < -0.3 is 5.32 Å². The summed E-state index contributed by atoms with van der Waals surface area (Å²) in [6.45, 7) is 2.23. The minimum absolute atomic E-state index is 0.327. The smallest absolute Gasteiger partial charge is 0.133 e. The van der Waals surface area contributed by atoms with Gasteiger partial charge in [0, 0.05) is 19.3 Å². The first-order chi connectivity index (χ1) is 6.83. The lowest BCUT2D eigenvalue weighted by Crippen LogP contribution is -2.29. The number of rotatable bonds is 5. The van der Waals surface area contributed by atoms with Gasteiger partial charge >= 0.3 is 0 Å². The fourth-order valence-electron chi connectivity index (χ4n) is 1.87. The Labute approximate surface area is 86.5 Å². The Hall–Kier alpha value is -0.810. The van der Waals surface area contributed by atoms with Gasteiger partial charge in [0.1, 0.15) is 5.78 Å². The summed E-state index contributed by atoms with van der Waals surface area (Å²) < 4.78 is 0. The molecule has 0 amide bonds. The first-order valence-electron chi connectivity index (χ1n) is 5.49. The number of hydrogen-bond acceptors (Lipinski definition) is 2. The summed E-state index contributed by atoms with van der Waals surface area (Å²) in [7, 11) is 0. The lowest BCUT2D eigenvalue weighted by atomic mass is 9.93. The summed E-state index contributed by atoms with van der Waals surface area (Å²) in [4.78, 5) is 11.3. The topological polar surface area (TPSA) is 29.1 Å². The molecule has 0 aromatic heterocycles. The van der Waals surface area contributed by atoms with Crippen molar-refractivity contribution in [3.63, 3.8) is 0 Å². The van der Waals surface area contributed by atoms with Gasteiger partial charge in [0.25, 0.3) is 0 Å². The maximum Gasteiger partial charge on any atom is 0.133 e. The molecule has 2 nitrogen and oxygen atoms in total. The van der Waals surface area contributed by atoms with Crippen LogP contribution in [0, 0.1) is 18.3 Å². The molecule has 0 aromatic rings. The molecule has 1 heterocycles. The van der Waals surface area contributed by atoms with Crippen molar-refractivity contribution in [3.05, 3.63) is 0 Å². The largest absolute Gasteiger partial charge is 0.316 e. The van der Waals surface area contributed by atoms with E-state index in [9.17, 15) is 4.79 Å². The van der Waals surface area contributed by atoms with Crippen molar-refractivity contribution in [2.75, 3.05) is 13.1 Å². The van der Waals surface area contributed by atoms with Crippen molar-refractivity contribution in [1.29, 1.82) is 0 Å². The third-order valence-corrected chi connectivity index (χ3v) is 2.78. The average molecular weight is 193 g/mol. The van der Waals surface area contributed by atoms with E-state index in [0.717, 1.165) is 19.5 Å². The van der Waals surface area contributed by atoms with E-state index in [1.807, 2.05) is 0 Å². The Morgan fingerprint density at radius 2 is 2.36 bits per heavy atom. The maximum atomic E-state index is 11.3. The van der Waals surface area contributed by atoms with Gasteiger partial charge in [0.05, 0.1) is 0 Å². The molecule has 0 spiro atoms. The van der Waals surface area contributed by atoms with Crippen molar-refractivity contribution in [2.24, 2.45) is 5.92 Å². The molecule has 1 saturated heterocycles. The lowest BCUT2D eigenvalue weighted by Gasteiger charge is -2.22. The predicted molar refractivity (Wildman–Crippen MR) is 57.9 cm³/mol. The molecule has 0 bridgehead atoms. The number of hydrogen-bond donors (Lipinski definition) is 1. The predicted octanol–water partition coefficient (Wildman–Crippen LogP) is 1.75. The summed E-state index contributed by atoms with van der Waals surface area (Å²) in [6, 6.07) is 0. The SMILES string of the molecule is C#CCCC(=O)CCC1CCCNC1. The van der Waals surface area contributed by atoms with E-state index >= 15 is 0 Å². The van der Waals surface area contributed by atoms with Crippen molar-refractivity contribution >= 4 is 5.78 Å². The highest BCUT2D eigenvalue weighted by Gasteiger charge is 2.13. The van der Waals surface area contributed by atoms with Crippen LogP contribution in [0.1, 0.15) is 38.5 Å². The second kappa shape index (κ2) is 6.62. The van der Waals surface area contributed by atoms with E-state index in [2.05, 4.69) is 11.2 Å². The van der Waals surface area contributed by atoms with E-state index in [4.69, 9.17) is 6.42 Å². The third kappa shape index (κ3) is 4.43. The van der Waals surface area contributed by atoms with Crippen LogP contribution in [0.15, 0.2) is 0 Å². The molecule has 0 aromatic carbocycles. The van der Waals surface area contributed by atoms with Gasteiger partial charge in [-0.05, 0) is 38.3 Å². The highest BCUT2D eigenvalue weighted by atomic mass is 16.1. The van der Waals surface area contributed by atoms with Crippen molar-refractivity contribution in [1.82, 2.24) is 5.32 Å². The average Bonchev–Trinajstić information content (AvgIpc) is 2.25. The number of ketones is 1. The molecular formula is C12H19NO. The molecule has 0 radical (unpaired) electrons. The number of carbonyl (C=O) groups excluding carboxylic acids is 1. The van der Waals surface area contributed by atoms with Crippen LogP contribution in [0.5, 0.6) is 0 Å². The van der Waals surface area contributed by atoms with Crippen LogP contribution in [-0.2, 0) is 4.79 Å². The van der Waals surface area contributed by atoms with Gasteiger partial charge in [-0.2, -0.15) is 0 Å². The van der Waals surface area contributed by atoms with E-state index < -0.39 is 0 Å². The maximum absolute atomic E-state index is 11.3. The molecule has 1 rings (SSSR count). The Morgan fingerprint density at radius 1 is 1.50 bits per heavy atom.